The first kappa shape index (κ1) is 20.5. The maximum atomic E-state index is 11.8. The van der Waals surface area contributed by atoms with Gasteiger partial charge in [0, 0.05) is 31.8 Å². The maximum Gasteiger partial charge on any atom is 0.306 e. The Bertz CT molecular complexity index is 636. The SMILES string of the molecule is CNC(=O)c1cccc(NC(=S)NC(=O)CCC(=O)OCCOC)c1. The van der Waals surface area contributed by atoms with E-state index in [1.807, 2.05) is 0 Å². The predicted molar refractivity (Wildman–Crippen MR) is 96.3 cm³/mol. The lowest BCUT2D eigenvalue weighted by molar-refractivity contribution is -0.146. The van der Waals surface area contributed by atoms with Crippen LogP contribution in [-0.4, -0.2) is 50.3 Å². The van der Waals surface area contributed by atoms with E-state index in [0.717, 1.165) is 0 Å². The molecule has 1 aromatic rings. The summed E-state index contributed by atoms with van der Waals surface area (Å²) < 4.78 is 9.60. The molecule has 9 heteroatoms. The standard InChI is InChI=1S/C16H21N3O5S/c1-17-15(22)11-4-3-5-12(10-11)18-16(25)19-13(20)6-7-14(21)24-9-8-23-2/h3-5,10H,6-9H2,1-2H3,(H,17,22)(H2,18,19,20,25). The molecule has 1 rings (SSSR count). The van der Waals surface area contributed by atoms with Crippen molar-refractivity contribution in [2.24, 2.45) is 0 Å². The normalized spacial score (nSPS) is 9.84. The van der Waals surface area contributed by atoms with Crippen molar-refractivity contribution in [1.82, 2.24) is 10.6 Å². The fraction of sp³-hybridized carbons (Fsp3) is 0.375. The van der Waals surface area contributed by atoms with E-state index in [0.29, 0.717) is 17.9 Å². The van der Waals surface area contributed by atoms with Gasteiger partial charge in [0.25, 0.3) is 5.91 Å². The summed E-state index contributed by atoms with van der Waals surface area (Å²) in [5.74, 6) is -1.13. The molecule has 0 unspecified atom stereocenters. The van der Waals surface area contributed by atoms with Gasteiger partial charge in [-0.15, -0.1) is 0 Å². The zero-order chi connectivity index (χ0) is 18.7. The van der Waals surface area contributed by atoms with Crippen molar-refractivity contribution in [3.63, 3.8) is 0 Å². The van der Waals surface area contributed by atoms with Crippen LogP contribution in [0.4, 0.5) is 5.69 Å². The summed E-state index contributed by atoms with van der Waals surface area (Å²) in [5, 5.41) is 7.86. The molecule has 0 aliphatic heterocycles. The van der Waals surface area contributed by atoms with Gasteiger partial charge in [-0.1, -0.05) is 6.07 Å². The summed E-state index contributed by atoms with van der Waals surface area (Å²) in [6, 6.07) is 6.65. The third kappa shape index (κ3) is 8.23. The van der Waals surface area contributed by atoms with Crippen molar-refractivity contribution in [3.8, 4) is 0 Å². The molecule has 0 aliphatic carbocycles. The number of rotatable bonds is 8. The highest BCUT2D eigenvalue weighted by Gasteiger charge is 2.10. The smallest absolute Gasteiger partial charge is 0.306 e. The number of hydrogen-bond acceptors (Lipinski definition) is 6. The summed E-state index contributed by atoms with van der Waals surface area (Å²) in [6.07, 6.45) is -0.101. The number of ether oxygens (including phenoxy) is 2. The average molecular weight is 367 g/mol. The van der Waals surface area contributed by atoms with Crippen LogP contribution in [0.25, 0.3) is 0 Å². The number of benzene rings is 1. The zero-order valence-corrected chi connectivity index (χ0v) is 14.9. The molecule has 25 heavy (non-hydrogen) atoms. The Morgan fingerprint density at radius 2 is 1.92 bits per heavy atom. The number of amides is 2. The highest BCUT2D eigenvalue weighted by molar-refractivity contribution is 7.80. The molecule has 3 N–H and O–H groups in total. The average Bonchev–Trinajstić information content (AvgIpc) is 2.59. The molecule has 0 radical (unpaired) electrons. The number of thiocarbonyl (C=S) groups is 1. The van der Waals surface area contributed by atoms with Crippen LogP contribution in [0.15, 0.2) is 24.3 Å². The second kappa shape index (κ2) is 11.1. The Labute approximate surface area is 151 Å². The molecular weight excluding hydrogens is 346 g/mol. The van der Waals surface area contributed by atoms with E-state index in [4.69, 9.17) is 21.7 Å². The summed E-state index contributed by atoms with van der Waals surface area (Å²) in [4.78, 5) is 34.7. The highest BCUT2D eigenvalue weighted by Crippen LogP contribution is 2.10. The lowest BCUT2D eigenvalue weighted by Gasteiger charge is -2.10. The van der Waals surface area contributed by atoms with E-state index in [9.17, 15) is 14.4 Å². The van der Waals surface area contributed by atoms with Gasteiger partial charge in [-0.3, -0.25) is 14.4 Å². The molecule has 0 spiro atoms. The molecule has 1 aromatic carbocycles. The third-order valence-electron chi connectivity index (χ3n) is 2.97. The second-order valence-electron chi connectivity index (χ2n) is 4.88. The predicted octanol–water partition coefficient (Wildman–Crippen LogP) is 0.829. The first-order chi connectivity index (χ1) is 12.0. The van der Waals surface area contributed by atoms with Crippen LogP contribution >= 0.6 is 12.2 Å². The van der Waals surface area contributed by atoms with Gasteiger partial charge >= 0.3 is 5.97 Å². The molecule has 0 saturated carbocycles. The summed E-state index contributed by atoms with van der Waals surface area (Å²) in [5.41, 5.74) is 1.02. The van der Waals surface area contributed by atoms with Crippen LogP contribution in [0.3, 0.4) is 0 Å². The molecule has 0 atom stereocenters. The first-order valence-electron chi connectivity index (χ1n) is 7.53. The van der Waals surface area contributed by atoms with Crippen molar-refractivity contribution < 1.29 is 23.9 Å². The summed E-state index contributed by atoms with van der Waals surface area (Å²) in [7, 11) is 3.03. The van der Waals surface area contributed by atoms with E-state index in [1.165, 1.54) is 14.2 Å². The Morgan fingerprint density at radius 1 is 1.16 bits per heavy atom. The Hall–Kier alpha value is -2.52. The molecule has 0 bridgehead atoms. The maximum absolute atomic E-state index is 11.8. The quantitative estimate of drug-likeness (QED) is 0.355. The van der Waals surface area contributed by atoms with Crippen LogP contribution in [0.1, 0.15) is 23.2 Å². The third-order valence-corrected chi connectivity index (χ3v) is 3.17. The topological polar surface area (TPSA) is 106 Å². The number of methoxy groups -OCH3 is 1. The largest absolute Gasteiger partial charge is 0.463 e. The van der Waals surface area contributed by atoms with Crippen LogP contribution < -0.4 is 16.0 Å². The Morgan fingerprint density at radius 3 is 2.60 bits per heavy atom. The van der Waals surface area contributed by atoms with Crippen LogP contribution in [-0.2, 0) is 19.1 Å². The minimum Gasteiger partial charge on any atom is -0.463 e. The van der Waals surface area contributed by atoms with Gasteiger partial charge in [0.15, 0.2) is 5.11 Å². The number of carbonyl (C=O) groups excluding carboxylic acids is 3. The Kier molecular flexibility index (Phi) is 9.12. The van der Waals surface area contributed by atoms with E-state index < -0.39 is 11.9 Å². The van der Waals surface area contributed by atoms with Crippen molar-refractivity contribution in [1.29, 1.82) is 0 Å². The molecule has 0 aliphatic rings. The van der Waals surface area contributed by atoms with Crippen LogP contribution in [0.2, 0.25) is 0 Å². The van der Waals surface area contributed by atoms with E-state index in [2.05, 4.69) is 16.0 Å². The van der Waals surface area contributed by atoms with Crippen molar-refractivity contribution in [2.45, 2.75) is 12.8 Å². The van der Waals surface area contributed by atoms with Crippen molar-refractivity contribution >= 4 is 40.8 Å². The van der Waals surface area contributed by atoms with Gasteiger partial charge in [0.05, 0.1) is 13.0 Å². The summed E-state index contributed by atoms with van der Waals surface area (Å²) in [6.45, 7) is 0.458. The van der Waals surface area contributed by atoms with Gasteiger partial charge in [-0.05, 0) is 30.4 Å². The number of nitrogens with one attached hydrogen (secondary N) is 3. The summed E-state index contributed by atoms with van der Waals surface area (Å²) >= 11 is 5.04. The molecule has 0 heterocycles. The van der Waals surface area contributed by atoms with Crippen LogP contribution in [0.5, 0.6) is 0 Å². The van der Waals surface area contributed by atoms with Gasteiger partial charge in [-0.2, -0.15) is 0 Å². The number of anilines is 1. The van der Waals surface area contributed by atoms with Crippen molar-refractivity contribution in [3.05, 3.63) is 29.8 Å². The molecule has 0 saturated heterocycles. The monoisotopic (exact) mass is 367 g/mol. The fourth-order valence-corrected chi connectivity index (χ4v) is 1.99. The minimum atomic E-state index is -0.482. The number of esters is 1. The Balaban J connectivity index is 2.40. The highest BCUT2D eigenvalue weighted by atomic mass is 32.1. The first-order valence-corrected chi connectivity index (χ1v) is 7.94. The van der Waals surface area contributed by atoms with E-state index in [-0.39, 0.29) is 30.5 Å². The molecule has 0 aromatic heterocycles. The van der Waals surface area contributed by atoms with Gasteiger partial charge in [0.2, 0.25) is 5.91 Å². The minimum absolute atomic E-state index is 0.0497. The molecule has 2 amide bonds. The van der Waals surface area contributed by atoms with Gasteiger partial charge in [-0.25, -0.2) is 0 Å². The number of hydrogen-bond donors (Lipinski definition) is 3. The lowest BCUT2D eigenvalue weighted by atomic mass is 10.2. The van der Waals surface area contributed by atoms with E-state index >= 15 is 0 Å². The molecule has 136 valence electrons. The molecule has 0 fully saturated rings. The zero-order valence-electron chi connectivity index (χ0n) is 14.1. The molecule has 8 nitrogen and oxygen atoms in total. The fourth-order valence-electron chi connectivity index (χ4n) is 1.76. The second-order valence-corrected chi connectivity index (χ2v) is 5.28. The molecular formula is C16H21N3O5S. The van der Waals surface area contributed by atoms with E-state index in [1.54, 1.807) is 24.3 Å². The van der Waals surface area contributed by atoms with Gasteiger partial charge in [0.1, 0.15) is 6.61 Å². The number of carbonyl (C=O) groups is 3. The van der Waals surface area contributed by atoms with Crippen molar-refractivity contribution in [2.75, 3.05) is 32.7 Å². The lowest BCUT2D eigenvalue weighted by Crippen LogP contribution is -2.34. The van der Waals surface area contributed by atoms with Crippen LogP contribution in [0, 0.1) is 0 Å². The van der Waals surface area contributed by atoms with Gasteiger partial charge < -0.3 is 25.4 Å².